The quantitative estimate of drug-likeness (QED) is 0.385. The van der Waals surface area contributed by atoms with Crippen LogP contribution in [0.3, 0.4) is 0 Å². The SMILES string of the molecule is C=C(c1ccccc1)[C@@]12CCC(=O)C1CC(CC(C)(C)CC(CC)CC(=O)O)=C2c1ccccc1. The molecule has 2 aliphatic carbocycles. The van der Waals surface area contributed by atoms with Crippen molar-refractivity contribution in [3.63, 3.8) is 0 Å². The third-order valence-electron chi connectivity index (χ3n) is 8.30. The van der Waals surface area contributed by atoms with Crippen molar-refractivity contribution in [2.24, 2.45) is 22.7 Å². The second-order valence-electron chi connectivity index (χ2n) is 11.3. The largest absolute Gasteiger partial charge is 0.481 e. The molecule has 2 unspecified atom stereocenters. The number of ketones is 1. The molecule has 0 radical (unpaired) electrons. The highest BCUT2D eigenvalue weighted by molar-refractivity contribution is 6.00. The van der Waals surface area contributed by atoms with E-state index in [1.807, 2.05) is 24.3 Å². The van der Waals surface area contributed by atoms with Gasteiger partial charge in [-0.1, -0.05) is 100 Å². The minimum atomic E-state index is -0.726. The second kappa shape index (κ2) is 9.97. The third kappa shape index (κ3) is 4.91. The molecule has 35 heavy (non-hydrogen) atoms. The predicted molar refractivity (Wildman–Crippen MR) is 143 cm³/mol. The van der Waals surface area contributed by atoms with Gasteiger partial charge in [-0.25, -0.2) is 0 Å². The van der Waals surface area contributed by atoms with Crippen molar-refractivity contribution in [2.45, 2.75) is 65.7 Å². The Morgan fingerprint density at radius 3 is 2.34 bits per heavy atom. The summed E-state index contributed by atoms with van der Waals surface area (Å²) in [5.74, 6) is -0.298. The molecule has 0 amide bonds. The molecule has 0 heterocycles. The molecule has 0 bridgehead atoms. The van der Waals surface area contributed by atoms with Crippen LogP contribution >= 0.6 is 0 Å². The van der Waals surface area contributed by atoms with E-state index in [0.717, 1.165) is 43.2 Å². The second-order valence-corrected chi connectivity index (χ2v) is 11.3. The Kier molecular flexibility index (Phi) is 7.17. The fraction of sp³-hybridized carbons (Fsp3) is 0.438. The number of fused-ring (bicyclic) bond motifs is 1. The van der Waals surface area contributed by atoms with E-state index in [1.54, 1.807) is 0 Å². The summed E-state index contributed by atoms with van der Waals surface area (Å²) < 4.78 is 0. The van der Waals surface area contributed by atoms with Gasteiger partial charge in [-0.05, 0) is 59.3 Å². The highest BCUT2D eigenvalue weighted by atomic mass is 16.4. The first kappa shape index (κ1) is 25.2. The van der Waals surface area contributed by atoms with Crippen LogP contribution in [0.4, 0.5) is 0 Å². The van der Waals surface area contributed by atoms with Crippen LogP contribution in [0.5, 0.6) is 0 Å². The topological polar surface area (TPSA) is 54.4 Å². The molecule has 4 rings (SSSR count). The third-order valence-corrected chi connectivity index (χ3v) is 8.30. The minimum absolute atomic E-state index is 0.0670. The van der Waals surface area contributed by atoms with E-state index < -0.39 is 5.97 Å². The van der Waals surface area contributed by atoms with Gasteiger partial charge in [-0.2, -0.15) is 0 Å². The van der Waals surface area contributed by atoms with Gasteiger partial charge in [-0.3, -0.25) is 9.59 Å². The first-order chi connectivity index (χ1) is 16.7. The van der Waals surface area contributed by atoms with Gasteiger partial charge in [0.05, 0.1) is 0 Å². The van der Waals surface area contributed by atoms with Crippen LogP contribution in [0.25, 0.3) is 11.1 Å². The summed E-state index contributed by atoms with van der Waals surface area (Å²) >= 11 is 0. The average Bonchev–Trinajstić information content (AvgIpc) is 3.32. The number of hydrogen-bond acceptors (Lipinski definition) is 2. The summed E-state index contributed by atoms with van der Waals surface area (Å²) in [5, 5.41) is 9.37. The summed E-state index contributed by atoms with van der Waals surface area (Å²) in [6.45, 7) is 11.2. The lowest BCUT2D eigenvalue weighted by molar-refractivity contribution is -0.138. The molecule has 2 aromatic rings. The summed E-state index contributed by atoms with van der Waals surface area (Å²) in [5.41, 5.74) is 5.54. The Morgan fingerprint density at radius 1 is 1.11 bits per heavy atom. The monoisotopic (exact) mass is 470 g/mol. The van der Waals surface area contributed by atoms with Crippen molar-refractivity contribution in [1.29, 1.82) is 0 Å². The lowest BCUT2D eigenvalue weighted by Crippen LogP contribution is -2.27. The zero-order valence-corrected chi connectivity index (χ0v) is 21.3. The number of carbonyl (C=O) groups excluding carboxylic acids is 1. The van der Waals surface area contributed by atoms with Gasteiger partial charge in [0, 0.05) is 24.2 Å². The van der Waals surface area contributed by atoms with Crippen molar-refractivity contribution in [3.05, 3.63) is 83.9 Å². The molecule has 1 N–H and O–H groups in total. The fourth-order valence-electron chi connectivity index (χ4n) is 6.87. The standard InChI is InChI=1S/C32H38O3/c1-5-23(18-29(34)35)20-31(3,4)21-26-19-27-28(33)16-17-32(27,22(2)24-12-8-6-9-13-24)30(26)25-14-10-7-11-15-25/h6-15,23,27H,2,5,16-21H2,1,3-4H3,(H,34,35)/t23?,27?,32-/m0/s1. The van der Waals surface area contributed by atoms with Gasteiger partial charge in [0.15, 0.2) is 0 Å². The van der Waals surface area contributed by atoms with Crippen LogP contribution in [-0.4, -0.2) is 16.9 Å². The van der Waals surface area contributed by atoms with E-state index >= 15 is 0 Å². The van der Waals surface area contributed by atoms with Crippen LogP contribution in [0, 0.1) is 22.7 Å². The molecule has 2 aliphatic rings. The summed E-state index contributed by atoms with van der Waals surface area (Å²) in [7, 11) is 0. The van der Waals surface area contributed by atoms with Crippen LogP contribution in [0.1, 0.15) is 76.8 Å². The Balaban J connectivity index is 1.80. The smallest absolute Gasteiger partial charge is 0.303 e. The van der Waals surface area contributed by atoms with Crippen molar-refractivity contribution < 1.29 is 14.7 Å². The van der Waals surface area contributed by atoms with E-state index in [4.69, 9.17) is 0 Å². The van der Waals surface area contributed by atoms with E-state index in [2.05, 4.69) is 63.7 Å². The Labute approximate surface area is 210 Å². The molecule has 184 valence electrons. The molecule has 3 atom stereocenters. The molecule has 2 aromatic carbocycles. The number of aliphatic carboxylic acids is 1. The van der Waals surface area contributed by atoms with Crippen molar-refractivity contribution in [1.82, 2.24) is 0 Å². The van der Waals surface area contributed by atoms with Crippen LogP contribution in [0.2, 0.25) is 0 Å². The number of carbonyl (C=O) groups is 2. The Bertz CT molecular complexity index is 1130. The number of Topliss-reactive ketones (excluding diaryl/α,β-unsaturated/α-hetero) is 1. The number of carboxylic acid groups (broad SMARTS) is 1. The maximum Gasteiger partial charge on any atom is 0.303 e. The maximum absolute atomic E-state index is 13.3. The molecule has 1 saturated carbocycles. The summed E-state index contributed by atoms with van der Waals surface area (Å²) in [6, 6.07) is 20.9. The average molecular weight is 471 g/mol. The van der Waals surface area contributed by atoms with Crippen molar-refractivity contribution >= 4 is 22.9 Å². The molecule has 0 spiro atoms. The highest BCUT2D eigenvalue weighted by Gasteiger charge is 2.57. The van der Waals surface area contributed by atoms with Gasteiger partial charge in [0.2, 0.25) is 0 Å². The van der Waals surface area contributed by atoms with Crippen molar-refractivity contribution in [2.75, 3.05) is 0 Å². The van der Waals surface area contributed by atoms with Gasteiger partial charge in [0.25, 0.3) is 0 Å². The zero-order chi connectivity index (χ0) is 25.2. The summed E-state index contributed by atoms with van der Waals surface area (Å²) in [6.07, 6.45) is 4.95. The van der Waals surface area contributed by atoms with Gasteiger partial charge < -0.3 is 5.11 Å². The van der Waals surface area contributed by atoms with E-state index in [1.165, 1.54) is 16.7 Å². The molecule has 0 saturated heterocycles. The lowest BCUT2D eigenvalue weighted by atomic mass is 9.66. The molecule has 0 aromatic heterocycles. The zero-order valence-electron chi connectivity index (χ0n) is 21.3. The molecule has 1 fully saturated rings. The Morgan fingerprint density at radius 2 is 1.74 bits per heavy atom. The molecule has 0 aliphatic heterocycles. The van der Waals surface area contributed by atoms with Crippen LogP contribution in [0.15, 0.2) is 72.8 Å². The van der Waals surface area contributed by atoms with E-state index in [0.29, 0.717) is 12.2 Å². The maximum atomic E-state index is 13.3. The number of benzene rings is 2. The predicted octanol–water partition coefficient (Wildman–Crippen LogP) is 7.83. The lowest BCUT2D eigenvalue weighted by Gasteiger charge is -2.36. The summed E-state index contributed by atoms with van der Waals surface area (Å²) in [4.78, 5) is 24.7. The number of hydrogen-bond donors (Lipinski definition) is 1. The molecular weight excluding hydrogens is 432 g/mol. The number of carboxylic acids is 1. The van der Waals surface area contributed by atoms with E-state index in [9.17, 15) is 14.7 Å². The minimum Gasteiger partial charge on any atom is -0.481 e. The fourth-order valence-corrected chi connectivity index (χ4v) is 6.87. The van der Waals surface area contributed by atoms with Crippen LogP contribution in [-0.2, 0) is 9.59 Å². The molecular formula is C32H38O3. The Hall–Kier alpha value is -2.94. The highest BCUT2D eigenvalue weighted by Crippen LogP contribution is 2.65. The van der Waals surface area contributed by atoms with Gasteiger partial charge in [0.1, 0.15) is 5.78 Å². The number of allylic oxidation sites excluding steroid dienone is 3. The van der Waals surface area contributed by atoms with Crippen molar-refractivity contribution in [3.8, 4) is 0 Å². The van der Waals surface area contributed by atoms with Crippen LogP contribution < -0.4 is 0 Å². The normalized spacial score (nSPS) is 22.8. The first-order valence-electron chi connectivity index (χ1n) is 12.9. The first-order valence-corrected chi connectivity index (χ1v) is 12.9. The van der Waals surface area contributed by atoms with E-state index in [-0.39, 0.29) is 29.1 Å². The van der Waals surface area contributed by atoms with Gasteiger partial charge in [-0.15, -0.1) is 0 Å². The number of rotatable bonds is 10. The van der Waals surface area contributed by atoms with Gasteiger partial charge >= 0.3 is 5.97 Å². The molecule has 3 heteroatoms. The molecule has 3 nitrogen and oxygen atoms in total.